The number of nitrogens with zero attached hydrogens (tertiary/aromatic N) is 1. The van der Waals surface area contributed by atoms with E-state index in [0.717, 1.165) is 48.9 Å². The van der Waals surface area contributed by atoms with Crippen molar-refractivity contribution in [2.45, 2.75) is 118 Å². The van der Waals surface area contributed by atoms with Crippen molar-refractivity contribution < 1.29 is 19.1 Å². The van der Waals surface area contributed by atoms with Crippen LogP contribution in [0.2, 0.25) is 0 Å². The van der Waals surface area contributed by atoms with Crippen molar-refractivity contribution in [2.24, 2.45) is 5.92 Å². The van der Waals surface area contributed by atoms with Crippen molar-refractivity contribution in [2.75, 3.05) is 11.9 Å². The van der Waals surface area contributed by atoms with E-state index in [-0.39, 0.29) is 17.7 Å². The van der Waals surface area contributed by atoms with Crippen LogP contribution >= 0.6 is 0 Å². The number of amides is 3. The second kappa shape index (κ2) is 17.5. The highest BCUT2D eigenvalue weighted by molar-refractivity contribution is 6.00. The number of carbonyl (C=O) groups excluding carboxylic acids is 3. The van der Waals surface area contributed by atoms with Gasteiger partial charge in [-0.1, -0.05) is 89.1 Å². The first-order valence-electron chi connectivity index (χ1n) is 16.0. The van der Waals surface area contributed by atoms with Gasteiger partial charge in [-0.2, -0.15) is 0 Å². The first-order valence-corrected chi connectivity index (χ1v) is 16.0. The molecule has 0 saturated carbocycles. The van der Waals surface area contributed by atoms with Gasteiger partial charge in [0.25, 0.3) is 5.91 Å². The van der Waals surface area contributed by atoms with Crippen LogP contribution in [0.5, 0.6) is 0 Å². The number of alkyl carbamates (subject to hydrolysis) is 1. The van der Waals surface area contributed by atoms with Crippen LogP contribution in [0.15, 0.2) is 42.5 Å². The Bertz CT molecular complexity index is 1250. The molecule has 2 N–H and O–H groups in total. The minimum absolute atomic E-state index is 0.103. The molecule has 7 heteroatoms. The zero-order valence-electron chi connectivity index (χ0n) is 28.1. The second-order valence-electron chi connectivity index (χ2n) is 13.1. The Hall–Kier alpha value is -3.79. The van der Waals surface area contributed by atoms with Crippen LogP contribution in [0.1, 0.15) is 115 Å². The summed E-state index contributed by atoms with van der Waals surface area (Å²) < 4.78 is 5.52. The first-order chi connectivity index (χ1) is 20.8. The molecule has 0 aliphatic carbocycles. The maximum Gasteiger partial charge on any atom is 0.408 e. The lowest BCUT2D eigenvalue weighted by atomic mass is 9.97. The monoisotopic (exact) mass is 603 g/mol. The number of unbranched alkanes of at least 4 members (excludes halogenated alkanes) is 5. The van der Waals surface area contributed by atoms with Crippen LogP contribution in [0.25, 0.3) is 0 Å². The van der Waals surface area contributed by atoms with Crippen LogP contribution in [0.4, 0.5) is 10.5 Å². The largest absolute Gasteiger partial charge is 0.444 e. The molecule has 0 saturated heterocycles. The quantitative estimate of drug-likeness (QED) is 0.159. The van der Waals surface area contributed by atoms with Crippen LogP contribution in [0.3, 0.4) is 0 Å². The Morgan fingerprint density at radius 2 is 1.52 bits per heavy atom. The number of nitrogens with one attached hydrogen (secondary N) is 2. The molecule has 0 heterocycles. The zero-order valence-corrected chi connectivity index (χ0v) is 28.1. The third-order valence-corrected chi connectivity index (χ3v) is 7.41. The summed E-state index contributed by atoms with van der Waals surface area (Å²) in [6.07, 6.45) is 11.5. The molecule has 0 aromatic heterocycles. The number of aryl methyl sites for hydroxylation is 2. The molecule has 44 heavy (non-hydrogen) atoms. The van der Waals surface area contributed by atoms with Gasteiger partial charge in [0, 0.05) is 17.8 Å². The maximum absolute atomic E-state index is 14.5. The van der Waals surface area contributed by atoms with Crippen LogP contribution in [-0.2, 0) is 14.3 Å². The van der Waals surface area contributed by atoms with E-state index < -0.39 is 23.8 Å². The van der Waals surface area contributed by atoms with Crippen LogP contribution in [-0.4, -0.2) is 41.0 Å². The molecule has 3 amide bonds. The summed E-state index contributed by atoms with van der Waals surface area (Å²) in [5.41, 5.74) is 3.18. The van der Waals surface area contributed by atoms with E-state index in [1.807, 2.05) is 58.0 Å². The fourth-order valence-corrected chi connectivity index (χ4v) is 5.21. The number of hydrogen-bond donors (Lipinski definition) is 2. The number of hydrogen-bond acceptors (Lipinski definition) is 4. The Labute approximate surface area is 265 Å². The summed E-state index contributed by atoms with van der Waals surface area (Å²) >= 11 is 0. The number of carbonyl (C=O) groups is 3. The maximum atomic E-state index is 14.5. The Balaban J connectivity index is 2.58. The number of terminal acetylenes is 1. The van der Waals surface area contributed by atoms with Gasteiger partial charge in [0.05, 0.1) is 0 Å². The lowest BCUT2D eigenvalue weighted by molar-refractivity contribution is -0.141. The van der Waals surface area contributed by atoms with Gasteiger partial charge in [-0.25, -0.2) is 4.79 Å². The van der Waals surface area contributed by atoms with Crippen molar-refractivity contribution in [3.63, 3.8) is 0 Å². The van der Waals surface area contributed by atoms with Crippen molar-refractivity contribution in [1.29, 1.82) is 0 Å². The van der Waals surface area contributed by atoms with Crippen LogP contribution < -0.4 is 10.6 Å². The molecule has 2 aromatic rings. The van der Waals surface area contributed by atoms with Crippen molar-refractivity contribution >= 4 is 23.6 Å². The first kappa shape index (κ1) is 36.4. The predicted octanol–water partition coefficient (Wildman–Crippen LogP) is 8.09. The highest BCUT2D eigenvalue weighted by Gasteiger charge is 2.36. The molecule has 2 atom stereocenters. The molecule has 0 fully saturated rings. The van der Waals surface area contributed by atoms with Gasteiger partial charge in [-0.15, -0.1) is 6.42 Å². The van der Waals surface area contributed by atoms with Gasteiger partial charge < -0.3 is 20.3 Å². The highest BCUT2D eigenvalue weighted by Crippen LogP contribution is 2.28. The number of para-hydroxylation sites is 1. The van der Waals surface area contributed by atoms with Gasteiger partial charge >= 0.3 is 6.09 Å². The zero-order chi connectivity index (χ0) is 32.9. The van der Waals surface area contributed by atoms with Crippen LogP contribution in [0, 0.1) is 32.1 Å². The summed E-state index contributed by atoms with van der Waals surface area (Å²) in [6.45, 7) is 15.8. The van der Waals surface area contributed by atoms with Gasteiger partial charge in [0.2, 0.25) is 5.91 Å². The summed E-state index contributed by atoms with van der Waals surface area (Å²) in [5, 5.41) is 5.95. The molecule has 2 aromatic carbocycles. The van der Waals surface area contributed by atoms with E-state index >= 15 is 0 Å². The van der Waals surface area contributed by atoms with E-state index in [0.29, 0.717) is 24.1 Å². The van der Waals surface area contributed by atoms with E-state index in [4.69, 9.17) is 11.2 Å². The predicted molar refractivity (Wildman–Crippen MR) is 179 cm³/mol. The fourth-order valence-electron chi connectivity index (χ4n) is 5.21. The summed E-state index contributed by atoms with van der Waals surface area (Å²) in [5.74, 6) is 2.09. The smallest absolute Gasteiger partial charge is 0.408 e. The SMILES string of the molecule is C#Cc1ccc(C(C(=O)Nc2c(C)cccc2C)N(CCCCCCCC)C(=O)C(CC(C)C)NC(=O)OC(C)(C)C)cc1. The molecule has 0 aliphatic rings. The summed E-state index contributed by atoms with van der Waals surface area (Å²) in [7, 11) is 0. The fraction of sp³-hybridized carbons (Fsp3) is 0.541. The normalized spacial score (nSPS) is 12.6. The average Bonchev–Trinajstić information content (AvgIpc) is 2.94. The average molecular weight is 604 g/mol. The highest BCUT2D eigenvalue weighted by atomic mass is 16.6. The van der Waals surface area contributed by atoms with E-state index in [2.05, 4.69) is 23.5 Å². The Morgan fingerprint density at radius 3 is 2.07 bits per heavy atom. The third-order valence-electron chi connectivity index (χ3n) is 7.41. The molecular weight excluding hydrogens is 550 g/mol. The lowest BCUT2D eigenvalue weighted by Gasteiger charge is -2.35. The van der Waals surface area contributed by atoms with E-state index in [1.54, 1.807) is 37.8 Å². The molecule has 0 spiro atoms. The molecule has 0 aliphatic heterocycles. The minimum Gasteiger partial charge on any atom is -0.444 e. The molecule has 7 nitrogen and oxygen atoms in total. The van der Waals surface area contributed by atoms with Crippen molar-refractivity contribution in [3.8, 4) is 12.3 Å². The Morgan fingerprint density at radius 1 is 0.932 bits per heavy atom. The lowest BCUT2D eigenvalue weighted by Crippen LogP contribution is -2.53. The number of rotatable bonds is 15. The minimum atomic E-state index is -0.945. The summed E-state index contributed by atoms with van der Waals surface area (Å²) in [6, 6.07) is 11.2. The van der Waals surface area contributed by atoms with Crippen molar-refractivity contribution in [3.05, 3.63) is 64.7 Å². The van der Waals surface area contributed by atoms with Gasteiger partial charge in [-0.3, -0.25) is 9.59 Å². The second-order valence-corrected chi connectivity index (χ2v) is 13.1. The third kappa shape index (κ3) is 11.7. The van der Waals surface area contributed by atoms with Crippen molar-refractivity contribution in [1.82, 2.24) is 10.2 Å². The number of ether oxygens (including phenoxy) is 1. The van der Waals surface area contributed by atoms with Gasteiger partial charge in [0.1, 0.15) is 17.7 Å². The number of benzene rings is 2. The van der Waals surface area contributed by atoms with Gasteiger partial charge in [-0.05, 0) is 82.2 Å². The molecule has 0 radical (unpaired) electrons. The molecule has 0 bridgehead atoms. The number of anilines is 1. The molecule has 2 rings (SSSR count). The Kier molecular flexibility index (Phi) is 14.5. The standard InChI is InChI=1S/C37H53N3O4/c1-10-12-13-14-15-16-24-40(35(42)31(25-26(3)4)38-36(43)44-37(7,8)9)33(30-22-20-29(11-2)21-23-30)34(41)39-32-27(5)18-17-19-28(32)6/h2,17-23,26,31,33H,10,12-16,24-25H2,1,3-9H3,(H,38,43)(H,39,41). The molecule has 2 unspecified atom stereocenters. The van der Waals surface area contributed by atoms with E-state index in [9.17, 15) is 14.4 Å². The topological polar surface area (TPSA) is 87.7 Å². The molecular formula is C37H53N3O4. The van der Waals surface area contributed by atoms with Gasteiger partial charge in [0.15, 0.2) is 0 Å². The van der Waals surface area contributed by atoms with E-state index in [1.165, 1.54) is 6.42 Å². The summed E-state index contributed by atoms with van der Waals surface area (Å²) in [4.78, 5) is 43.3. The molecule has 240 valence electrons.